The Hall–Kier alpha value is -0.680. The maximum Gasteiger partial charge on any atom is 0.164 e. The Labute approximate surface area is 88.4 Å². The van der Waals surface area contributed by atoms with Crippen molar-refractivity contribution in [3.8, 4) is 0 Å². The van der Waals surface area contributed by atoms with Crippen LogP contribution >= 0.6 is 0 Å². The Morgan fingerprint density at radius 3 is 2.42 bits per heavy atom. The standard InChI is InChI=1S/C9H8N2.HI/c1-2-4-8(5-3-1)9-6-7-10-11-9;/h1-7H,(H,10,11);1H. The SMILES string of the molecule is C1=N[NH2+]C(c2ccccc2)=C1.[I-]. The molecular formula is C9H9IN2. The number of rotatable bonds is 1. The van der Waals surface area contributed by atoms with E-state index in [4.69, 9.17) is 0 Å². The van der Waals surface area contributed by atoms with Gasteiger partial charge in [-0.05, 0) is 12.1 Å². The summed E-state index contributed by atoms with van der Waals surface area (Å²) in [5.41, 5.74) is 4.28. The molecular weight excluding hydrogens is 263 g/mol. The monoisotopic (exact) mass is 272 g/mol. The summed E-state index contributed by atoms with van der Waals surface area (Å²) in [6.45, 7) is 0. The lowest BCUT2D eigenvalue weighted by atomic mass is 10.2. The van der Waals surface area contributed by atoms with Gasteiger partial charge in [-0.3, -0.25) is 0 Å². The molecule has 0 radical (unpaired) electrons. The summed E-state index contributed by atoms with van der Waals surface area (Å²) in [6, 6.07) is 10.2. The van der Waals surface area contributed by atoms with Gasteiger partial charge in [0.05, 0.1) is 6.21 Å². The molecule has 0 atom stereocenters. The number of nitrogens with zero attached hydrogens (tertiary/aromatic N) is 1. The predicted molar refractivity (Wildman–Crippen MR) is 44.8 cm³/mol. The fourth-order valence-corrected chi connectivity index (χ4v) is 1.09. The van der Waals surface area contributed by atoms with Crippen molar-refractivity contribution in [3.63, 3.8) is 0 Å². The van der Waals surface area contributed by atoms with Gasteiger partial charge in [-0.1, -0.05) is 23.3 Å². The molecule has 0 aromatic heterocycles. The molecule has 3 heteroatoms. The first kappa shape index (κ1) is 9.41. The van der Waals surface area contributed by atoms with Crippen molar-refractivity contribution in [2.75, 3.05) is 0 Å². The number of nitrogens with two attached hydrogens (primary N) is 1. The molecule has 12 heavy (non-hydrogen) atoms. The third kappa shape index (κ3) is 1.92. The minimum Gasteiger partial charge on any atom is -1.00 e. The Morgan fingerprint density at radius 2 is 1.83 bits per heavy atom. The second kappa shape index (κ2) is 4.37. The fraction of sp³-hybridized carbons (Fsp3) is 0. The van der Waals surface area contributed by atoms with E-state index in [1.54, 1.807) is 0 Å². The minimum absolute atomic E-state index is 0. The van der Waals surface area contributed by atoms with Gasteiger partial charge in [-0.2, -0.15) is 5.43 Å². The highest BCUT2D eigenvalue weighted by Gasteiger charge is 2.06. The minimum atomic E-state index is 0. The van der Waals surface area contributed by atoms with Crippen molar-refractivity contribution in [1.82, 2.24) is 0 Å². The molecule has 1 aliphatic rings. The van der Waals surface area contributed by atoms with E-state index in [0.717, 1.165) is 0 Å². The molecule has 1 heterocycles. The van der Waals surface area contributed by atoms with E-state index >= 15 is 0 Å². The molecule has 2 rings (SSSR count). The van der Waals surface area contributed by atoms with Crippen LogP contribution in [0.25, 0.3) is 5.70 Å². The molecule has 0 spiro atoms. The predicted octanol–water partition coefficient (Wildman–Crippen LogP) is -2.41. The zero-order chi connectivity index (χ0) is 7.52. The number of quaternary nitrogens is 1. The van der Waals surface area contributed by atoms with Crippen LogP contribution in [0.1, 0.15) is 5.56 Å². The van der Waals surface area contributed by atoms with Crippen LogP contribution in [0.4, 0.5) is 0 Å². The molecule has 62 valence electrons. The van der Waals surface area contributed by atoms with Crippen LogP contribution in [0, 0.1) is 0 Å². The molecule has 1 aromatic carbocycles. The summed E-state index contributed by atoms with van der Waals surface area (Å²) >= 11 is 0. The summed E-state index contributed by atoms with van der Waals surface area (Å²) in [4.78, 5) is 0. The van der Waals surface area contributed by atoms with Crippen LogP contribution in [-0.4, -0.2) is 6.21 Å². The van der Waals surface area contributed by atoms with E-state index in [2.05, 4.69) is 17.2 Å². The van der Waals surface area contributed by atoms with E-state index in [-0.39, 0.29) is 24.0 Å². The van der Waals surface area contributed by atoms with E-state index < -0.39 is 0 Å². The average molecular weight is 272 g/mol. The third-order valence-electron chi connectivity index (χ3n) is 1.66. The first-order chi connectivity index (χ1) is 5.47. The highest BCUT2D eigenvalue weighted by molar-refractivity contribution is 5.82. The lowest BCUT2D eigenvalue weighted by Crippen LogP contribution is -3.00. The van der Waals surface area contributed by atoms with E-state index in [1.165, 1.54) is 11.3 Å². The number of halogens is 1. The van der Waals surface area contributed by atoms with Crippen LogP contribution in [-0.2, 0) is 0 Å². The largest absolute Gasteiger partial charge is 1.00 e. The third-order valence-corrected chi connectivity index (χ3v) is 1.66. The summed E-state index contributed by atoms with van der Waals surface area (Å²) in [7, 11) is 0. The molecule has 2 nitrogen and oxygen atoms in total. The summed E-state index contributed by atoms with van der Waals surface area (Å²) in [5.74, 6) is 0. The van der Waals surface area contributed by atoms with Gasteiger partial charge in [0.2, 0.25) is 0 Å². The molecule has 0 amide bonds. The number of hydrogen-bond acceptors (Lipinski definition) is 1. The fourth-order valence-electron chi connectivity index (χ4n) is 1.09. The van der Waals surface area contributed by atoms with Crippen molar-refractivity contribution in [3.05, 3.63) is 42.0 Å². The first-order valence-electron chi connectivity index (χ1n) is 3.59. The summed E-state index contributed by atoms with van der Waals surface area (Å²) in [5, 5.41) is 4.00. The maximum absolute atomic E-state index is 4.00. The number of benzene rings is 1. The zero-order valence-corrected chi connectivity index (χ0v) is 8.60. The number of allylic oxidation sites excluding steroid dienone is 1. The Kier molecular flexibility index (Phi) is 3.43. The van der Waals surface area contributed by atoms with Gasteiger partial charge in [0.1, 0.15) is 0 Å². The molecule has 0 saturated heterocycles. The first-order valence-corrected chi connectivity index (χ1v) is 3.59. The average Bonchev–Trinajstić information content (AvgIpc) is 2.58. The molecule has 0 saturated carbocycles. The lowest BCUT2D eigenvalue weighted by molar-refractivity contribution is -0.565. The van der Waals surface area contributed by atoms with Crippen molar-refractivity contribution in [1.29, 1.82) is 0 Å². The van der Waals surface area contributed by atoms with Gasteiger partial charge < -0.3 is 24.0 Å². The van der Waals surface area contributed by atoms with Crippen molar-refractivity contribution < 1.29 is 29.4 Å². The maximum atomic E-state index is 4.00. The molecule has 0 aliphatic carbocycles. The van der Waals surface area contributed by atoms with Gasteiger partial charge in [0.25, 0.3) is 0 Å². The zero-order valence-electron chi connectivity index (χ0n) is 6.44. The lowest BCUT2D eigenvalue weighted by Gasteiger charge is -1.94. The topological polar surface area (TPSA) is 29.0 Å². The van der Waals surface area contributed by atoms with Crippen molar-refractivity contribution in [2.45, 2.75) is 0 Å². The second-order valence-corrected chi connectivity index (χ2v) is 2.42. The van der Waals surface area contributed by atoms with Gasteiger partial charge in [0.15, 0.2) is 5.70 Å². The summed E-state index contributed by atoms with van der Waals surface area (Å²) in [6.07, 6.45) is 3.82. The highest BCUT2D eigenvalue weighted by atomic mass is 127. The Morgan fingerprint density at radius 1 is 1.08 bits per heavy atom. The van der Waals surface area contributed by atoms with Crippen LogP contribution in [0.15, 0.2) is 41.5 Å². The normalized spacial score (nSPS) is 13.8. The second-order valence-electron chi connectivity index (χ2n) is 2.42. The van der Waals surface area contributed by atoms with E-state index in [9.17, 15) is 0 Å². The van der Waals surface area contributed by atoms with Crippen LogP contribution in [0.3, 0.4) is 0 Å². The smallest absolute Gasteiger partial charge is 0.164 e. The van der Waals surface area contributed by atoms with Crippen LogP contribution in [0.2, 0.25) is 0 Å². The van der Waals surface area contributed by atoms with E-state index in [0.29, 0.717) is 0 Å². The molecule has 0 bridgehead atoms. The molecule has 1 aromatic rings. The van der Waals surface area contributed by atoms with Crippen LogP contribution < -0.4 is 29.4 Å². The highest BCUT2D eigenvalue weighted by Crippen LogP contribution is 2.06. The van der Waals surface area contributed by atoms with Crippen LogP contribution in [0.5, 0.6) is 0 Å². The van der Waals surface area contributed by atoms with E-state index in [1.807, 2.05) is 35.9 Å². The quantitative estimate of drug-likeness (QED) is 0.436. The molecule has 0 fully saturated rings. The number of hydrogen-bond donors (Lipinski definition) is 1. The van der Waals surface area contributed by atoms with Gasteiger partial charge >= 0.3 is 0 Å². The Balaban J connectivity index is 0.000000720. The van der Waals surface area contributed by atoms with Gasteiger partial charge in [-0.15, -0.1) is 0 Å². The Bertz CT molecular complexity index is 304. The van der Waals surface area contributed by atoms with Crippen molar-refractivity contribution >= 4 is 11.9 Å². The summed E-state index contributed by atoms with van der Waals surface area (Å²) < 4.78 is 0. The molecule has 0 unspecified atom stereocenters. The van der Waals surface area contributed by atoms with Gasteiger partial charge in [0, 0.05) is 11.6 Å². The molecule has 1 aliphatic heterocycles. The van der Waals surface area contributed by atoms with Crippen molar-refractivity contribution in [2.24, 2.45) is 5.10 Å². The van der Waals surface area contributed by atoms with Gasteiger partial charge in [-0.25, -0.2) is 0 Å². The molecule has 2 N–H and O–H groups in total.